The number of carboxylic acids is 1. The van der Waals surface area contributed by atoms with E-state index < -0.39 is 39.3 Å². The number of hydrogen-bond donors (Lipinski definition) is 1. The van der Waals surface area contributed by atoms with Gasteiger partial charge in [-0.2, -0.15) is 0 Å². The van der Waals surface area contributed by atoms with Crippen LogP contribution in [0.15, 0.2) is 56.0 Å². The lowest BCUT2D eigenvalue weighted by atomic mass is 10.0. The van der Waals surface area contributed by atoms with E-state index in [1.807, 2.05) is 0 Å². The largest absolute Gasteiger partial charge is 0.481 e. The molecule has 0 amide bonds. The Labute approximate surface area is 130 Å². The SMILES string of the molecule is CC(C(=O)O)c1ccc2c(c1)S(=O)c1cc(F)ccc1S2=O. The van der Waals surface area contributed by atoms with E-state index >= 15 is 0 Å². The maximum absolute atomic E-state index is 13.4. The third-order valence-electron chi connectivity index (χ3n) is 3.54. The van der Waals surface area contributed by atoms with Gasteiger partial charge in [0.15, 0.2) is 0 Å². The zero-order valence-corrected chi connectivity index (χ0v) is 13.0. The maximum Gasteiger partial charge on any atom is 0.310 e. The number of fused-ring (bicyclic) bond motifs is 2. The van der Waals surface area contributed by atoms with E-state index in [2.05, 4.69) is 0 Å². The van der Waals surface area contributed by atoms with E-state index in [1.165, 1.54) is 31.2 Å². The molecule has 3 atom stereocenters. The zero-order valence-electron chi connectivity index (χ0n) is 11.4. The Kier molecular flexibility index (Phi) is 3.70. The molecule has 0 saturated carbocycles. The molecule has 0 fully saturated rings. The molecule has 114 valence electrons. The minimum atomic E-state index is -1.69. The highest BCUT2D eigenvalue weighted by Gasteiger charge is 2.29. The van der Waals surface area contributed by atoms with Crippen molar-refractivity contribution in [3.8, 4) is 0 Å². The zero-order chi connectivity index (χ0) is 16.0. The van der Waals surface area contributed by atoms with Crippen LogP contribution >= 0.6 is 0 Å². The van der Waals surface area contributed by atoms with Crippen molar-refractivity contribution in [2.45, 2.75) is 32.4 Å². The first kappa shape index (κ1) is 15.1. The van der Waals surface area contributed by atoms with Crippen molar-refractivity contribution in [2.24, 2.45) is 0 Å². The molecule has 2 aromatic rings. The fourth-order valence-electron chi connectivity index (χ4n) is 2.25. The van der Waals surface area contributed by atoms with Crippen LogP contribution in [0.5, 0.6) is 0 Å². The normalized spacial score (nSPS) is 20.8. The summed E-state index contributed by atoms with van der Waals surface area (Å²) in [5.41, 5.74) is 0.469. The summed E-state index contributed by atoms with van der Waals surface area (Å²) in [6, 6.07) is 8.25. The summed E-state index contributed by atoms with van der Waals surface area (Å²) in [5.74, 6) is -2.33. The summed E-state index contributed by atoms with van der Waals surface area (Å²) < 4.78 is 38.5. The van der Waals surface area contributed by atoms with Crippen LogP contribution < -0.4 is 0 Å². The second-order valence-corrected chi connectivity index (χ2v) is 7.73. The molecular formula is C15H11FO4S2. The summed E-state index contributed by atoms with van der Waals surface area (Å²) in [7, 11) is -3.25. The molecule has 2 aromatic carbocycles. The Morgan fingerprint density at radius 2 is 1.55 bits per heavy atom. The monoisotopic (exact) mass is 338 g/mol. The molecule has 4 nitrogen and oxygen atoms in total. The number of halogens is 1. The Bertz CT molecular complexity index is 847. The quantitative estimate of drug-likeness (QED) is 0.780. The number of carboxylic acid groups (broad SMARTS) is 1. The van der Waals surface area contributed by atoms with Crippen molar-refractivity contribution in [1.82, 2.24) is 0 Å². The van der Waals surface area contributed by atoms with Gasteiger partial charge >= 0.3 is 5.97 Å². The average Bonchev–Trinajstić information content (AvgIpc) is 2.51. The second kappa shape index (κ2) is 5.40. The summed E-state index contributed by atoms with van der Waals surface area (Å²) >= 11 is 0. The number of aliphatic carboxylic acids is 1. The van der Waals surface area contributed by atoms with Gasteiger partial charge in [-0.25, -0.2) is 12.8 Å². The lowest BCUT2D eigenvalue weighted by Crippen LogP contribution is -2.14. The Morgan fingerprint density at radius 3 is 2.18 bits per heavy atom. The van der Waals surface area contributed by atoms with Gasteiger partial charge in [-0.05, 0) is 42.8 Å². The van der Waals surface area contributed by atoms with Gasteiger partial charge in [0.25, 0.3) is 0 Å². The van der Waals surface area contributed by atoms with Crippen LogP contribution in [0.3, 0.4) is 0 Å². The molecule has 0 aliphatic carbocycles. The van der Waals surface area contributed by atoms with Gasteiger partial charge in [0.05, 0.1) is 47.1 Å². The summed E-state index contributed by atoms with van der Waals surface area (Å²) in [5, 5.41) is 9.07. The van der Waals surface area contributed by atoms with Gasteiger partial charge in [-0.15, -0.1) is 0 Å². The van der Waals surface area contributed by atoms with Crippen LogP contribution in [0.1, 0.15) is 18.4 Å². The molecule has 1 heterocycles. The maximum atomic E-state index is 13.4. The lowest BCUT2D eigenvalue weighted by Gasteiger charge is -2.19. The van der Waals surface area contributed by atoms with Crippen LogP contribution in [-0.2, 0) is 26.4 Å². The molecule has 0 saturated heterocycles. The predicted molar refractivity (Wildman–Crippen MR) is 78.2 cm³/mol. The molecule has 1 aliphatic rings. The molecular weight excluding hydrogens is 327 g/mol. The third kappa shape index (κ3) is 2.30. The molecule has 3 unspecified atom stereocenters. The van der Waals surface area contributed by atoms with Crippen molar-refractivity contribution in [3.63, 3.8) is 0 Å². The summed E-state index contributed by atoms with van der Waals surface area (Å²) in [6.07, 6.45) is 0. The number of benzene rings is 2. The molecule has 0 spiro atoms. The van der Waals surface area contributed by atoms with Crippen molar-refractivity contribution in [1.29, 1.82) is 0 Å². The fraction of sp³-hybridized carbons (Fsp3) is 0.133. The van der Waals surface area contributed by atoms with E-state index in [0.29, 0.717) is 15.4 Å². The lowest BCUT2D eigenvalue weighted by molar-refractivity contribution is -0.138. The predicted octanol–water partition coefficient (Wildman–Crippen LogP) is 2.66. The Balaban J connectivity index is 2.18. The highest BCUT2D eigenvalue weighted by atomic mass is 32.2. The summed E-state index contributed by atoms with van der Waals surface area (Å²) in [4.78, 5) is 12.2. The fourth-order valence-corrected chi connectivity index (χ4v) is 5.46. The molecule has 22 heavy (non-hydrogen) atoms. The van der Waals surface area contributed by atoms with Gasteiger partial charge < -0.3 is 5.11 Å². The first-order chi connectivity index (χ1) is 10.4. The minimum Gasteiger partial charge on any atom is -0.481 e. The molecule has 1 aliphatic heterocycles. The van der Waals surface area contributed by atoms with Crippen molar-refractivity contribution in [3.05, 3.63) is 47.8 Å². The van der Waals surface area contributed by atoms with Crippen LogP contribution in [0.4, 0.5) is 4.39 Å². The van der Waals surface area contributed by atoms with E-state index in [1.54, 1.807) is 6.07 Å². The number of carbonyl (C=O) groups is 1. The molecule has 0 bridgehead atoms. The van der Waals surface area contributed by atoms with Crippen molar-refractivity contribution in [2.75, 3.05) is 0 Å². The smallest absolute Gasteiger partial charge is 0.310 e. The molecule has 1 N–H and O–H groups in total. The molecule has 3 rings (SSSR count). The van der Waals surface area contributed by atoms with Crippen LogP contribution in [-0.4, -0.2) is 19.5 Å². The highest BCUT2D eigenvalue weighted by molar-refractivity contribution is 7.91. The minimum absolute atomic E-state index is 0.172. The van der Waals surface area contributed by atoms with E-state index in [9.17, 15) is 17.6 Å². The first-order valence-corrected chi connectivity index (χ1v) is 8.70. The highest BCUT2D eigenvalue weighted by Crippen LogP contribution is 2.37. The van der Waals surface area contributed by atoms with Gasteiger partial charge in [0.1, 0.15) is 5.82 Å². The molecule has 0 radical (unpaired) electrons. The first-order valence-electron chi connectivity index (χ1n) is 6.40. The van der Waals surface area contributed by atoms with Crippen molar-refractivity contribution < 1.29 is 22.7 Å². The molecule has 7 heteroatoms. The van der Waals surface area contributed by atoms with Gasteiger partial charge in [-0.3, -0.25) is 4.79 Å². The van der Waals surface area contributed by atoms with E-state index in [0.717, 1.165) is 6.07 Å². The standard InChI is InChI=1S/C15H11FO4S2/c1-8(15(17)18)9-2-4-11-13(6-9)22(20)14-7-10(16)3-5-12(14)21(11)19/h2-8H,1H3,(H,17,18). The van der Waals surface area contributed by atoms with Crippen LogP contribution in [0.2, 0.25) is 0 Å². The number of rotatable bonds is 2. The second-order valence-electron chi connectivity index (χ2n) is 4.89. The topological polar surface area (TPSA) is 71.4 Å². The van der Waals surface area contributed by atoms with E-state index in [4.69, 9.17) is 5.11 Å². The van der Waals surface area contributed by atoms with Crippen LogP contribution in [0, 0.1) is 5.82 Å². The van der Waals surface area contributed by atoms with Crippen LogP contribution in [0.25, 0.3) is 0 Å². The Hall–Kier alpha value is -1.86. The van der Waals surface area contributed by atoms with E-state index in [-0.39, 0.29) is 9.79 Å². The van der Waals surface area contributed by atoms with Gasteiger partial charge in [0, 0.05) is 0 Å². The van der Waals surface area contributed by atoms with Gasteiger partial charge in [-0.1, -0.05) is 6.07 Å². The average molecular weight is 338 g/mol. The number of hydrogen-bond acceptors (Lipinski definition) is 3. The third-order valence-corrected chi connectivity index (χ3v) is 6.79. The summed E-state index contributed by atoms with van der Waals surface area (Å²) in [6.45, 7) is 1.51. The van der Waals surface area contributed by atoms with Crippen molar-refractivity contribution >= 4 is 27.6 Å². The Morgan fingerprint density at radius 1 is 1.00 bits per heavy atom. The van der Waals surface area contributed by atoms with Gasteiger partial charge in [0.2, 0.25) is 0 Å². The molecule has 0 aromatic heterocycles.